The van der Waals surface area contributed by atoms with Gasteiger partial charge in [0.25, 0.3) is 11.8 Å². The first-order valence-electron chi connectivity index (χ1n) is 10.7. The van der Waals surface area contributed by atoms with Crippen molar-refractivity contribution in [3.8, 4) is 5.75 Å². The summed E-state index contributed by atoms with van der Waals surface area (Å²) in [4.78, 5) is 42.3. The van der Waals surface area contributed by atoms with E-state index in [1.165, 1.54) is 24.3 Å². The third kappa shape index (κ3) is 4.22. The van der Waals surface area contributed by atoms with E-state index in [4.69, 9.17) is 27.9 Å². The first kappa shape index (κ1) is 25.2. The number of ether oxygens (including phenoxy) is 1. The Bertz CT molecular complexity index is 1420. The van der Waals surface area contributed by atoms with Crippen LogP contribution in [0.2, 0.25) is 10.0 Å². The number of anilines is 1. The molecule has 5 rings (SSSR count). The Hall–Kier alpha value is -2.43. The van der Waals surface area contributed by atoms with E-state index in [1.807, 2.05) is 0 Å². The van der Waals surface area contributed by atoms with Gasteiger partial charge in [0.2, 0.25) is 5.91 Å². The van der Waals surface area contributed by atoms with Crippen molar-refractivity contribution in [3.05, 3.63) is 90.8 Å². The van der Waals surface area contributed by atoms with Gasteiger partial charge in [0.1, 0.15) is 11.8 Å². The van der Waals surface area contributed by atoms with Crippen molar-refractivity contribution in [2.75, 3.05) is 12.0 Å². The van der Waals surface area contributed by atoms with Gasteiger partial charge in [0.05, 0.1) is 29.8 Å². The molecular weight excluding hydrogens is 637 g/mol. The van der Waals surface area contributed by atoms with E-state index in [0.29, 0.717) is 26.4 Å². The van der Waals surface area contributed by atoms with Crippen molar-refractivity contribution in [1.82, 2.24) is 10.4 Å². The summed E-state index contributed by atoms with van der Waals surface area (Å²) in [5, 5.41) is 1.76. The molecule has 0 aliphatic carbocycles. The van der Waals surface area contributed by atoms with Gasteiger partial charge >= 0.3 is 0 Å². The first-order valence-corrected chi connectivity index (χ1v) is 13.1. The van der Waals surface area contributed by atoms with Gasteiger partial charge < -0.3 is 4.74 Å². The fraction of sp³-hybridized carbons (Fsp3) is 0.160. The molecule has 0 spiro atoms. The smallest absolute Gasteiger partial charge is 0.268 e. The van der Waals surface area contributed by atoms with Crippen molar-refractivity contribution in [2.45, 2.75) is 12.1 Å². The van der Waals surface area contributed by atoms with Gasteiger partial charge in [0, 0.05) is 25.1 Å². The van der Waals surface area contributed by atoms with E-state index in [0.717, 1.165) is 9.37 Å². The van der Waals surface area contributed by atoms with Crippen LogP contribution in [0.5, 0.6) is 5.75 Å². The molecule has 2 heterocycles. The van der Waals surface area contributed by atoms with Crippen LogP contribution in [0.1, 0.15) is 22.0 Å². The lowest BCUT2D eigenvalue weighted by Gasteiger charge is -2.26. The van der Waals surface area contributed by atoms with Crippen LogP contribution < -0.4 is 15.1 Å². The Labute approximate surface area is 233 Å². The lowest BCUT2D eigenvalue weighted by atomic mass is 9.90. The summed E-state index contributed by atoms with van der Waals surface area (Å²) in [6, 6.07) is 14.9. The molecule has 184 valence electrons. The van der Waals surface area contributed by atoms with E-state index in [2.05, 4.69) is 37.3 Å². The SMILES string of the molecule is COc1ccc(Br)cc1[C@@H]1NN(C(=O)c2cccc(Br)c2)[C@H]2C(=O)N(c3ccc(Cl)cc3Cl)C(=O)[C@@H]12. The number of nitrogens with zero attached hydrogens (tertiary/aromatic N) is 2. The average Bonchev–Trinajstić information content (AvgIpc) is 3.36. The number of amides is 3. The van der Waals surface area contributed by atoms with Crippen molar-refractivity contribution >= 4 is 78.5 Å². The Morgan fingerprint density at radius 3 is 2.42 bits per heavy atom. The number of hydrazine groups is 1. The van der Waals surface area contributed by atoms with Crippen LogP contribution in [0.3, 0.4) is 0 Å². The van der Waals surface area contributed by atoms with Crippen LogP contribution in [0.25, 0.3) is 0 Å². The molecule has 0 radical (unpaired) electrons. The second-order valence-corrected chi connectivity index (χ2v) is 10.9. The summed E-state index contributed by atoms with van der Waals surface area (Å²) in [5.41, 5.74) is 4.31. The van der Waals surface area contributed by atoms with Crippen LogP contribution in [-0.2, 0) is 9.59 Å². The molecule has 3 amide bonds. The van der Waals surface area contributed by atoms with Crippen molar-refractivity contribution in [3.63, 3.8) is 0 Å². The summed E-state index contributed by atoms with van der Waals surface area (Å²) in [6.07, 6.45) is 0. The zero-order valence-corrected chi connectivity index (χ0v) is 23.2. The van der Waals surface area contributed by atoms with Crippen LogP contribution in [0, 0.1) is 5.92 Å². The highest BCUT2D eigenvalue weighted by molar-refractivity contribution is 9.10. The number of imide groups is 1. The number of fused-ring (bicyclic) bond motifs is 1. The zero-order chi connectivity index (χ0) is 25.7. The van der Waals surface area contributed by atoms with Gasteiger partial charge in [-0.1, -0.05) is 61.1 Å². The molecule has 11 heteroatoms. The van der Waals surface area contributed by atoms with Gasteiger partial charge in [-0.3, -0.25) is 19.4 Å². The molecule has 2 fully saturated rings. The highest BCUT2D eigenvalue weighted by Gasteiger charge is 2.61. The van der Waals surface area contributed by atoms with E-state index in [-0.39, 0.29) is 10.7 Å². The van der Waals surface area contributed by atoms with Crippen LogP contribution in [0.4, 0.5) is 5.69 Å². The molecule has 2 aliphatic rings. The minimum absolute atomic E-state index is 0.151. The Morgan fingerprint density at radius 2 is 1.72 bits per heavy atom. The predicted octanol–water partition coefficient (Wildman–Crippen LogP) is 5.79. The minimum atomic E-state index is -1.11. The summed E-state index contributed by atoms with van der Waals surface area (Å²) in [5.74, 6) is -1.93. The predicted molar refractivity (Wildman–Crippen MR) is 143 cm³/mol. The Morgan fingerprint density at radius 1 is 0.972 bits per heavy atom. The Kier molecular flexibility index (Phi) is 6.86. The molecule has 2 aliphatic heterocycles. The maximum atomic E-state index is 13.8. The maximum Gasteiger partial charge on any atom is 0.268 e. The average molecular weight is 654 g/mol. The molecule has 2 saturated heterocycles. The molecule has 0 unspecified atom stereocenters. The van der Waals surface area contributed by atoms with Gasteiger partial charge in [-0.15, -0.1) is 0 Å². The van der Waals surface area contributed by atoms with Gasteiger partial charge in [-0.05, 0) is 54.6 Å². The monoisotopic (exact) mass is 651 g/mol. The number of halogens is 4. The molecular formula is C25H17Br2Cl2N3O4. The zero-order valence-electron chi connectivity index (χ0n) is 18.5. The van der Waals surface area contributed by atoms with E-state index < -0.39 is 35.7 Å². The van der Waals surface area contributed by atoms with E-state index >= 15 is 0 Å². The molecule has 36 heavy (non-hydrogen) atoms. The number of rotatable bonds is 4. The van der Waals surface area contributed by atoms with Crippen molar-refractivity contribution in [1.29, 1.82) is 0 Å². The van der Waals surface area contributed by atoms with E-state index in [1.54, 1.807) is 48.5 Å². The van der Waals surface area contributed by atoms with Gasteiger partial charge in [-0.2, -0.15) is 0 Å². The van der Waals surface area contributed by atoms with Crippen molar-refractivity contribution in [2.24, 2.45) is 5.92 Å². The quantitative estimate of drug-likeness (QED) is 0.361. The van der Waals surface area contributed by atoms with Gasteiger partial charge in [-0.25, -0.2) is 10.3 Å². The number of hydrogen-bond acceptors (Lipinski definition) is 5. The maximum absolute atomic E-state index is 13.8. The molecule has 0 aromatic heterocycles. The fourth-order valence-corrected chi connectivity index (χ4v) is 5.91. The normalized spacial score (nSPS) is 21.2. The standard InChI is InChI=1S/C25H17Br2Cl2N3O4/c1-36-19-8-5-14(27)10-16(19)21-20-22(32(30-21)23(33)12-3-2-4-13(26)9-12)25(35)31(24(20)34)18-7-6-15(28)11-17(18)29/h2-11,20-22,30H,1H3/t20-,21-,22+/m0/s1. The molecule has 0 bridgehead atoms. The number of nitrogens with one attached hydrogen (secondary N) is 1. The molecule has 3 atom stereocenters. The van der Waals surface area contributed by atoms with Gasteiger partial charge in [0.15, 0.2) is 0 Å². The van der Waals surface area contributed by atoms with Crippen LogP contribution >= 0.6 is 55.1 Å². The summed E-state index contributed by atoms with van der Waals surface area (Å²) in [6.45, 7) is 0. The highest BCUT2D eigenvalue weighted by atomic mass is 79.9. The van der Waals surface area contributed by atoms with Crippen LogP contribution in [0.15, 0.2) is 69.6 Å². The largest absolute Gasteiger partial charge is 0.496 e. The molecule has 1 N–H and O–H groups in total. The molecule has 7 nitrogen and oxygen atoms in total. The molecule has 3 aromatic carbocycles. The third-order valence-corrected chi connectivity index (χ3v) is 7.73. The molecule has 0 saturated carbocycles. The van der Waals surface area contributed by atoms with Crippen LogP contribution in [-0.4, -0.2) is 35.9 Å². The lowest BCUT2D eigenvalue weighted by molar-refractivity contribution is -0.123. The summed E-state index contributed by atoms with van der Waals surface area (Å²) >= 11 is 19.2. The lowest BCUT2D eigenvalue weighted by Crippen LogP contribution is -2.48. The number of hydrogen-bond donors (Lipinski definition) is 1. The number of carbonyl (C=O) groups is 3. The van der Waals surface area contributed by atoms with Crippen molar-refractivity contribution < 1.29 is 19.1 Å². The summed E-state index contributed by atoms with van der Waals surface area (Å²) in [7, 11) is 1.52. The summed E-state index contributed by atoms with van der Waals surface area (Å²) < 4.78 is 7.01. The number of benzene rings is 3. The molecule has 3 aromatic rings. The fourth-order valence-electron chi connectivity index (χ4n) is 4.64. The minimum Gasteiger partial charge on any atom is -0.496 e. The topological polar surface area (TPSA) is 79.0 Å². The number of carbonyl (C=O) groups excluding carboxylic acids is 3. The second-order valence-electron chi connectivity index (χ2n) is 8.26. The number of methoxy groups -OCH3 is 1. The second kappa shape index (κ2) is 9.79. The Balaban J connectivity index is 1.64. The highest BCUT2D eigenvalue weighted by Crippen LogP contribution is 2.46. The first-order chi connectivity index (χ1) is 17.2. The third-order valence-electron chi connectivity index (χ3n) is 6.20. The van der Waals surface area contributed by atoms with E-state index in [9.17, 15) is 14.4 Å².